The molecule has 180 valence electrons. The molecule has 6 rings (SSSR count). The van der Waals surface area contributed by atoms with Crippen LogP contribution in [0.4, 0.5) is 0 Å². The molecule has 0 amide bonds. The smallest absolute Gasteiger partial charge is 0.161 e. The molecule has 0 radical (unpaired) electrons. The van der Waals surface area contributed by atoms with Crippen LogP contribution in [0.2, 0.25) is 0 Å². The van der Waals surface area contributed by atoms with Gasteiger partial charge in [-0.15, -0.1) is 0 Å². The maximum absolute atomic E-state index is 12.6. The summed E-state index contributed by atoms with van der Waals surface area (Å²) in [6.45, 7) is 8.23. The van der Waals surface area contributed by atoms with E-state index in [4.69, 9.17) is 5.10 Å². The monoisotopic (exact) mass is 460 g/mol. The van der Waals surface area contributed by atoms with Gasteiger partial charge in [0, 0.05) is 11.6 Å². The third-order valence-corrected chi connectivity index (χ3v) is 10.4. The molecule has 3 fully saturated rings. The summed E-state index contributed by atoms with van der Waals surface area (Å²) in [5, 5.41) is 28.0. The Labute approximate surface area is 201 Å². The van der Waals surface area contributed by atoms with E-state index in [9.17, 15) is 15.0 Å². The summed E-state index contributed by atoms with van der Waals surface area (Å²) in [5.74, 6) is 0.904. The van der Waals surface area contributed by atoms with Crippen molar-refractivity contribution in [1.29, 1.82) is 0 Å². The Bertz CT molecular complexity index is 1190. The number of ketones is 1. The minimum atomic E-state index is -1.32. The summed E-state index contributed by atoms with van der Waals surface area (Å²) in [7, 11) is 0. The van der Waals surface area contributed by atoms with Gasteiger partial charge in [-0.25, -0.2) is 4.68 Å². The van der Waals surface area contributed by atoms with Crippen molar-refractivity contribution in [1.82, 2.24) is 9.78 Å². The molecule has 3 saturated carbocycles. The number of aromatic nitrogens is 2. The second-order valence-corrected chi connectivity index (χ2v) is 12.1. The number of fused-ring (bicyclic) bond motifs is 6. The fourth-order valence-electron chi connectivity index (χ4n) is 8.92. The van der Waals surface area contributed by atoms with E-state index in [1.807, 2.05) is 22.9 Å². The summed E-state index contributed by atoms with van der Waals surface area (Å²) in [6, 6.07) is 10.2. The lowest BCUT2D eigenvalue weighted by molar-refractivity contribution is -0.180. The van der Waals surface area contributed by atoms with Crippen LogP contribution in [0.15, 0.2) is 42.1 Å². The summed E-state index contributed by atoms with van der Waals surface area (Å²) >= 11 is 0. The van der Waals surface area contributed by atoms with E-state index in [-0.39, 0.29) is 23.0 Å². The number of hydrogen-bond acceptors (Lipinski definition) is 4. The number of hydrogen-bond donors (Lipinski definition) is 2. The van der Waals surface area contributed by atoms with Gasteiger partial charge in [0.25, 0.3) is 0 Å². The van der Waals surface area contributed by atoms with Gasteiger partial charge in [-0.05, 0) is 91.9 Å². The summed E-state index contributed by atoms with van der Waals surface area (Å²) in [5.41, 5.74) is 2.70. The minimum Gasteiger partial charge on any atom is -0.393 e. The number of benzene rings is 1. The highest BCUT2D eigenvalue weighted by Gasteiger charge is 2.68. The Hall–Kier alpha value is -2.24. The first-order chi connectivity index (χ1) is 16.1. The van der Waals surface area contributed by atoms with Gasteiger partial charge in [0.05, 0.1) is 17.5 Å². The number of carbonyl (C=O) groups excluding carboxylic acids is 1. The number of rotatable bonds is 2. The summed E-state index contributed by atoms with van der Waals surface area (Å²) in [6.07, 6.45) is 7.63. The van der Waals surface area contributed by atoms with Crippen LogP contribution in [-0.4, -0.2) is 37.5 Å². The molecule has 5 heteroatoms. The summed E-state index contributed by atoms with van der Waals surface area (Å²) < 4.78 is 1.98. The maximum Gasteiger partial charge on any atom is 0.161 e. The Morgan fingerprint density at radius 1 is 1.21 bits per heavy atom. The zero-order valence-corrected chi connectivity index (χ0v) is 20.7. The van der Waals surface area contributed by atoms with E-state index in [1.165, 1.54) is 18.1 Å². The molecule has 8 atom stereocenters. The van der Waals surface area contributed by atoms with Crippen molar-refractivity contribution in [3.8, 4) is 5.69 Å². The zero-order valence-electron chi connectivity index (χ0n) is 20.7. The van der Waals surface area contributed by atoms with Crippen LogP contribution in [0, 0.1) is 34.5 Å². The first-order valence-corrected chi connectivity index (χ1v) is 12.9. The van der Waals surface area contributed by atoms with Gasteiger partial charge in [0.2, 0.25) is 0 Å². The van der Waals surface area contributed by atoms with Crippen LogP contribution < -0.4 is 0 Å². The molecule has 1 heterocycles. The zero-order chi connectivity index (χ0) is 24.0. The summed E-state index contributed by atoms with van der Waals surface area (Å²) in [4.78, 5) is 12.6. The van der Waals surface area contributed by atoms with Gasteiger partial charge < -0.3 is 10.2 Å². The standard InChI is InChI=1S/C29H36N2O3/c1-17-12-21-22-10-11-29(34,18(2)32)28(22,4)15-25(33)26(21)27(3)14-19-16-31(20-8-6-5-7-9-20)30-24(19)13-23(17)27/h5-9,13,16-17,21-22,25-26,33-34H,10-12,14-15H2,1-4H3/t17-,21-,22-,25-,26+,27-,28-,29-/m0/s1. The molecule has 0 saturated heterocycles. The highest BCUT2D eigenvalue weighted by molar-refractivity contribution is 5.86. The number of aliphatic hydroxyl groups is 2. The van der Waals surface area contributed by atoms with Crippen LogP contribution in [0.25, 0.3) is 11.8 Å². The highest BCUT2D eigenvalue weighted by atomic mass is 16.3. The Kier molecular flexibility index (Phi) is 4.67. The molecule has 1 aromatic carbocycles. The van der Waals surface area contributed by atoms with Crippen molar-refractivity contribution in [2.45, 2.75) is 71.5 Å². The SMILES string of the molecule is CC(=O)[C@@]1(O)CC[C@H]2[C@@H]3C[C@H](C)C4=Cc5nn(-c6ccccc6)cc5C[C@]4(C)[C@H]3[C@@H](O)C[C@@]21C. The molecule has 5 nitrogen and oxygen atoms in total. The second kappa shape index (κ2) is 7.14. The lowest BCUT2D eigenvalue weighted by atomic mass is 9.44. The lowest BCUT2D eigenvalue weighted by Gasteiger charge is -2.61. The molecule has 0 spiro atoms. The quantitative estimate of drug-likeness (QED) is 0.687. The van der Waals surface area contributed by atoms with Crippen molar-refractivity contribution in [3.05, 3.63) is 53.4 Å². The number of carbonyl (C=O) groups is 1. The first-order valence-electron chi connectivity index (χ1n) is 12.9. The van der Waals surface area contributed by atoms with E-state index < -0.39 is 17.1 Å². The van der Waals surface area contributed by atoms with Gasteiger partial charge in [-0.2, -0.15) is 5.10 Å². The average molecular weight is 461 g/mol. The molecule has 4 aliphatic carbocycles. The van der Waals surface area contributed by atoms with Crippen LogP contribution in [0.5, 0.6) is 0 Å². The van der Waals surface area contributed by atoms with Crippen molar-refractivity contribution in [2.75, 3.05) is 0 Å². The molecule has 4 aliphatic rings. The number of allylic oxidation sites excluding steroid dienone is 1. The third kappa shape index (κ3) is 2.74. The van der Waals surface area contributed by atoms with Gasteiger partial charge in [-0.3, -0.25) is 4.79 Å². The number of para-hydroxylation sites is 1. The van der Waals surface area contributed by atoms with Crippen LogP contribution in [-0.2, 0) is 11.2 Å². The maximum atomic E-state index is 12.6. The molecule has 1 aromatic heterocycles. The Balaban J connectivity index is 1.40. The van der Waals surface area contributed by atoms with Crippen molar-refractivity contribution >= 4 is 11.9 Å². The van der Waals surface area contributed by atoms with Crippen molar-refractivity contribution < 1.29 is 15.0 Å². The number of aliphatic hydroxyl groups excluding tert-OH is 1. The van der Waals surface area contributed by atoms with Gasteiger partial charge in [0.1, 0.15) is 5.60 Å². The molecule has 0 bridgehead atoms. The highest BCUT2D eigenvalue weighted by Crippen LogP contribution is 2.68. The predicted octanol–water partition coefficient (Wildman–Crippen LogP) is 4.59. The van der Waals surface area contributed by atoms with E-state index in [2.05, 4.69) is 45.2 Å². The predicted molar refractivity (Wildman–Crippen MR) is 131 cm³/mol. The van der Waals surface area contributed by atoms with Gasteiger partial charge in [-0.1, -0.05) is 44.5 Å². The minimum absolute atomic E-state index is 0.121. The molecule has 0 aliphatic heterocycles. The van der Waals surface area contributed by atoms with Gasteiger partial charge in [0.15, 0.2) is 5.78 Å². The first kappa shape index (κ1) is 22.2. The fourth-order valence-corrected chi connectivity index (χ4v) is 8.92. The lowest BCUT2D eigenvalue weighted by Crippen LogP contribution is -2.62. The topological polar surface area (TPSA) is 75.3 Å². The third-order valence-electron chi connectivity index (χ3n) is 10.4. The van der Waals surface area contributed by atoms with E-state index in [1.54, 1.807) is 0 Å². The van der Waals surface area contributed by atoms with E-state index >= 15 is 0 Å². The van der Waals surface area contributed by atoms with Crippen LogP contribution in [0.3, 0.4) is 0 Å². The van der Waals surface area contributed by atoms with E-state index in [0.717, 1.165) is 30.6 Å². The van der Waals surface area contributed by atoms with Crippen molar-refractivity contribution in [3.63, 3.8) is 0 Å². The van der Waals surface area contributed by atoms with Gasteiger partial charge >= 0.3 is 0 Å². The molecular weight excluding hydrogens is 424 g/mol. The fraction of sp³-hybridized carbons (Fsp3) is 0.586. The van der Waals surface area contributed by atoms with E-state index in [0.29, 0.717) is 24.7 Å². The van der Waals surface area contributed by atoms with Crippen LogP contribution >= 0.6 is 0 Å². The molecule has 0 unspecified atom stereocenters. The normalized spacial score (nSPS) is 42.8. The van der Waals surface area contributed by atoms with Crippen LogP contribution in [0.1, 0.15) is 64.6 Å². The Morgan fingerprint density at radius 3 is 2.65 bits per heavy atom. The molecular formula is C29H36N2O3. The largest absolute Gasteiger partial charge is 0.393 e. The molecule has 2 N–H and O–H groups in total. The average Bonchev–Trinajstić information content (AvgIpc) is 3.31. The Morgan fingerprint density at radius 2 is 1.94 bits per heavy atom. The van der Waals surface area contributed by atoms with Crippen molar-refractivity contribution in [2.24, 2.45) is 34.5 Å². The number of nitrogens with zero attached hydrogens (tertiary/aromatic N) is 2. The second-order valence-electron chi connectivity index (χ2n) is 12.1. The molecule has 2 aromatic rings. The molecule has 34 heavy (non-hydrogen) atoms. The number of Topliss-reactive ketones (excluding diaryl/α,β-unsaturated/α-hetero) is 1.